The van der Waals surface area contributed by atoms with Gasteiger partial charge in [-0.25, -0.2) is 4.79 Å². The number of carbonyl (C=O) groups excluding carboxylic acids is 1. The van der Waals surface area contributed by atoms with E-state index in [1.165, 1.54) is 0 Å². The van der Waals surface area contributed by atoms with Crippen molar-refractivity contribution in [2.75, 3.05) is 6.61 Å². The number of carbonyl (C=O) groups is 1. The molecule has 1 fully saturated rings. The molecule has 0 N–H and O–H groups in total. The van der Waals surface area contributed by atoms with E-state index in [0.29, 0.717) is 13.0 Å². The standard InChI is InChI=1S/C11H12O3/c1-8-4-2-3-5-9(8)14-10-6-7-13-11(10)12/h2-5,10H,6-7H2,1H3. The molecule has 0 amide bonds. The Bertz CT molecular complexity index is 346. The summed E-state index contributed by atoms with van der Waals surface area (Å²) in [5.41, 5.74) is 1.03. The van der Waals surface area contributed by atoms with Crippen LogP contribution in [0.5, 0.6) is 5.75 Å². The van der Waals surface area contributed by atoms with E-state index < -0.39 is 6.10 Å². The number of ether oxygens (including phenoxy) is 2. The van der Waals surface area contributed by atoms with Crippen molar-refractivity contribution < 1.29 is 14.3 Å². The highest BCUT2D eigenvalue weighted by molar-refractivity contribution is 5.76. The minimum Gasteiger partial charge on any atom is -0.478 e. The first-order chi connectivity index (χ1) is 6.77. The van der Waals surface area contributed by atoms with Crippen molar-refractivity contribution in [2.24, 2.45) is 0 Å². The van der Waals surface area contributed by atoms with Crippen LogP contribution in [0.25, 0.3) is 0 Å². The Morgan fingerprint density at radius 2 is 2.21 bits per heavy atom. The second-order valence-corrected chi connectivity index (χ2v) is 3.33. The van der Waals surface area contributed by atoms with Crippen LogP contribution < -0.4 is 4.74 Å². The topological polar surface area (TPSA) is 35.5 Å². The third-order valence-corrected chi connectivity index (χ3v) is 2.25. The number of cyclic esters (lactones) is 1. The molecule has 0 spiro atoms. The Balaban J connectivity index is 2.10. The van der Waals surface area contributed by atoms with E-state index in [9.17, 15) is 4.79 Å². The summed E-state index contributed by atoms with van der Waals surface area (Å²) in [6.07, 6.45) is 0.226. The Morgan fingerprint density at radius 3 is 2.86 bits per heavy atom. The molecule has 1 unspecified atom stereocenters. The number of aryl methyl sites for hydroxylation is 1. The van der Waals surface area contributed by atoms with E-state index in [-0.39, 0.29) is 5.97 Å². The van der Waals surface area contributed by atoms with Crippen molar-refractivity contribution in [1.29, 1.82) is 0 Å². The molecule has 1 heterocycles. The fourth-order valence-electron chi connectivity index (χ4n) is 1.43. The van der Waals surface area contributed by atoms with E-state index >= 15 is 0 Å². The molecular weight excluding hydrogens is 180 g/mol. The number of hydrogen-bond acceptors (Lipinski definition) is 3. The molecule has 1 aliphatic rings. The van der Waals surface area contributed by atoms with Crippen molar-refractivity contribution in [2.45, 2.75) is 19.4 Å². The zero-order chi connectivity index (χ0) is 9.97. The molecule has 2 rings (SSSR count). The summed E-state index contributed by atoms with van der Waals surface area (Å²) < 4.78 is 10.4. The smallest absolute Gasteiger partial charge is 0.347 e. The van der Waals surface area contributed by atoms with Crippen LogP contribution in [0.4, 0.5) is 0 Å². The third-order valence-electron chi connectivity index (χ3n) is 2.25. The fourth-order valence-corrected chi connectivity index (χ4v) is 1.43. The predicted molar refractivity (Wildman–Crippen MR) is 51.2 cm³/mol. The van der Waals surface area contributed by atoms with Crippen LogP contribution >= 0.6 is 0 Å². The minimum absolute atomic E-state index is 0.256. The molecule has 1 atom stereocenters. The van der Waals surface area contributed by atoms with Crippen LogP contribution in [0.3, 0.4) is 0 Å². The van der Waals surface area contributed by atoms with Crippen molar-refractivity contribution in [3.05, 3.63) is 29.8 Å². The lowest BCUT2D eigenvalue weighted by molar-refractivity contribution is -0.143. The average Bonchev–Trinajstić information content (AvgIpc) is 2.56. The predicted octanol–water partition coefficient (Wildman–Crippen LogP) is 1.69. The summed E-state index contributed by atoms with van der Waals surface area (Å²) in [7, 11) is 0. The van der Waals surface area contributed by atoms with Gasteiger partial charge in [-0.2, -0.15) is 0 Å². The van der Waals surface area contributed by atoms with Crippen LogP contribution in [0.2, 0.25) is 0 Å². The zero-order valence-corrected chi connectivity index (χ0v) is 8.03. The Morgan fingerprint density at radius 1 is 1.43 bits per heavy atom. The van der Waals surface area contributed by atoms with Gasteiger partial charge in [-0.3, -0.25) is 0 Å². The molecule has 1 saturated heterocycles. The van der Waals surface area contributed by atoms with Crippen molar-refractivity contribution in [1.82, 2.24) is 0 Å². The van der Waals surface area contributed by atoms with Crippen LogP contribution in [-0.2, 0) is 9.53 Å². The fraction of sp³-hybridized carbons (Fsp3) is 0.364. The van der Waals surface area contributed by atoms with Gasteiger partial charge in [0.15, 0.2) is 6.10 Å². The molecular formula is C11H12O3. The van der Waals surface area contributed by atoms with Crippen molar-refractivity contribution >= 4 is 5.97 Å². The highest BCUT2D eigenvalue weighted by atomic mass is 16.6. The first kappa shape index (κ1) is 9.06. The number of benzene rings is 1. The molecule has 3 nitrogen and oxygen atoms in total. The second-order valence-electron chi connectivity index (χ2n) is 3.33. The first-order valence-corrected chi connectivity index (χ1v) is 4.66. The number of para-hydroxylation sites is 1. The van der Waals surface area contributed by atoms with Gasteiger partial charge < -0.3 is 9.47 Å². The number of esters is 1. The molecule has 0 aliphatic carbocycles. The molecule has 0 bridgehead atoms. The van der Waals surface area contributed by atoms with Crippen LogP contribution in [0.1, 0.15) is 12.0 Å². The maximum Gasteiger partial charge on any atom is 0.347 e. The molecule has 3 heteroatoms. The molecule has 74 valence electrons. The average molecular weight is 192 g/mol. The van der Waals surface area contributed by atoms with Crippen molar-refractivity contribution in [3.63, 3.8) is 0 Å². The molecule has 14 heavy (non-hydrogen) atoms. The quantitative estimate of drug-likeness (QED) is 0.669. The van der Waals surface area contributed by atoms with E-state index in [2.05, 4.69) is 0 Å². The molecule has 1 aromatic rings. The molecule has 0 aromatic heterocycles. The Hall–Kier alpha value is -1.51. The van der Waals surface area contributed by atoms with Gasteiger partial charge in [-0.1, -0.05) is 18.2 Å². The summed E-state index contributed by atoms with van der Waals surface area (Å²) in [5.74, 6) is 0.504. The van der Waals surface area contributed by atoms with Gasteiger partial charge in [0.2, 0.25) is 0 Å². The van der Waals surface area contributed by atoms with E-state index in [1.54, 1.807) is 0 Å². The summed E-state index contributed by atoms with van der Waals surface area (Å²) >= 11 is 0. The second kappa shape index (κ2) is 3.70. The largest absolute Gasteiger partial charge is 0.478 e. The van der Waals surface area contributed by atoms with Crippen molar-refractivity contribution in [3.8, 4) is 5.75 Å². The first-order valence-electron chi connectivity index (χ1n) is 4.66. The van der Waals surface area contributed by atoms with Crippen LogP contribution in [-0.4, -0.2) is 18.7 Å². The number of hydrogen-bond donors (Lipinski definition) is 0. The van der Waals surface area contributed by atoms with Gasteiger partial charge in [0.25, 0.3) is 0 Å². The lowest BCUT2D eigenvalue weighted by Gasteiger charge is -2.11. The summed E-state index contributed by atoms with van der Waals surface area (Å²) in [6.45, 7) is 2.42. The van der Waals surface area contributed by atoms with Crippen LogP contribution in [0, 0.1) is 6.92 Å². The highest BCUT2D eigenvalue weighted by Gasteiger charge is 2.28. The van der Waals surface area contributed by atoms with Gasteiger partial charge in [0.05, 0.1) is 6.61 Å². The normalized spacial score (nSPS) is 20.6. The lowest BCUT2D eigenvalue weighted by Crippen LogP contribution is -2.21. The Kier molecular flexibility index (Phi) is 2.39. The SMILES string of the molecule is Cc1ccccc1OC1CCOC1=O. The Labute approximate surface area is 82.6 Å². The molecule has 1 aliphatic heterocycles. The van der Waals surface area contributed by atoms with Gasteiger partial charge in [0, 0.05) is 6.42 Å². The van der Waals surface area contributed by atoms with E-state index in [4.69, 9.17) is 9.47 Å². The third kappa shape index (κ3) is 1.71. The molecule has 0 saturated carbocycles. The summed E-state index contributed by atoms with van der Waals surface area (Å²) in [5, 5.41) is 0. The maximum atomic E-state index is 11.1. The van der Waals surface area contributed by atoms with Gasteiger partial charge >= 0.3 is 5.97 Å². The minimum atomic E-state index is -0.420. The molecule has 0 radical (unpaired) electrons. The summed E-state index contributed by atoms with van der Waals surface area (Å²) in [4.78, 5) is 11.1. The van der Waals surface area contributed by atoms with E-state index in [0.717, 1.165) is 11.3 Å². The maximum absolute atomic E-state index is 11.1. The zero-order valence-electron chi connectivity index (χ0n) is 8.03. The monoisotopic (exact) mass is 192 g/mol. The van der Waals surface area contributed by atoms with Gasteiger partial charge in [0.1, 0.15) is 5.75 Å². The van der Waals surface area contributed by atoms with Crippen LogP contribution in [0.15, 0.2) is 24.3 Å². The summed E-state index contributed by atoms with van der Waals surface area (Å²) in [6, 6.07) is 7.65. The highest BCUT2D eigenvalue weighted by Crippen LogP contribution is 2.21. The number of rotatable bonds is 2. The van der Waals surface area contributed by atoms with E-state index in [1.807, 2.05) is 31.2 Å². The lowest BCUT2D eigenvalue weighted by atomic mass is 10.2. The van der Waals surface area contributed by atoms with Gasteiger partial charge in [-0.05, 0) is 18.6 Å². The molecule has 1 aromatic carbocycles. The van der Waals surface area contributed by atoms with Gasteiger partial charge in [-0.15, -0.1) is 0 Å².